The molecule has 3 aliphatic rings. The first kappa shape index (κ1) is 29.4. The number of aromatic nitrogens is 4. The minimum Gasteiger partial charge on any atom is -0.338 e. The second-order valence-electron chi connectivity index (χ2n) is 10.8. The fourth-order valence-corrected chi connectivity index (χ4v) is 5.90. The number of carbonyl (C=O) groups excluding carboxylic acids is 2. The summed E-state index contributed by atoms with van der Waals surface area (Å²) >= 11 is 0. The Morgan fingerprint density at radius 3 is 2.52 bits per heavy atom. The summed E-state index contributed by atoms with van der Waals surface area (Å²) < 4.78 is 29.7. The van der Waals surface area contributed by atoms with Crippen LogP contribution in [0.4, 0.5) is 20.3 Å². The molecule has 6 rings (SSSR count). The maximum Gasteiger partial charge on any atom is 0.264 e. The summed E-state index contributed by atoms with van der Waals surface area (Å²) in [7, 11) is 1.77. The Morgan fingerprint density at radius 1 is 1.12 bits per heavy atom. The molecule has 1 saturated carbocycles. The van der Waals surface area contributed by atoms with Gasteiger partial charge in [-0.15, -0.1) is 0 Å². The van der Waals surface area contributed by atoms with E-state index >= 15 is 0 Å². The molecule has 1 aromatic carbocycles. The molecule has 0 spiro atoms. The number of fused-ring (bicyclic) bond motifs is 2. The van der Waals surface area contributed by atoms with Crippen molar-refractivity contribution in [3.05, 3.63) is 46.9 Å². The van der Waals surface area contributed by atoms with Crippen molar-refractivity contribution in [3.63, 3.8) is 0 Å². The van der Waals surface area contributed by atoms with Crippen LogP contribution in [0.15, 0.2) is 24.5 Å². The summed E-state index contributed by atoms with van der Waals surface area (Å²) in [4.78, 5) is 25.9. The van der Waals surface area contributed by atoms with E-state index in [2.05, 4.69) is 15.3 Å². The Morgan fingerprint density at radius 2 is 1.90 bits per heavy atom. The summed E-state index contributed by atoms with van der Waals surface area (Å²) in [6.45, 7) is 3.40. The highest BCUT2D eigenvalue weighted by Crippen LogP contribution is 2.42. The van der Waals surface area contributed by atoms with Gasteiger partial charge in [0.1, 0.15) is 6.29 Å². The van der Waals surface area contributed by atoms with Crippen LogP contribution in [-0.4, -0.2) is 50.2 Å². The normalized spacial score (nSPS) is 16.9. The molecule has 2 aromatic heterocycles. The number of aldehydes is 1. The molecular weight excluding hydrogens is 514 g/mol. The van der Waals surface area contributed by atoms with E-state index in [1.165, 1.54) is 19.3 Å². The average Bonchev–Trinajstić information content (AvgIpc) is 3.58. The molecule has 0 atom stereocenters. The molecule has 10 heteroatoms. The summed E-state index contributed by atoms with van der Waals surface area (Å²) in [6, 6.07) is 3.48. The van der Waals surface area contributed by atoms with E-state index < -0.39 is 6.43 Å². The van der Waals surface area contributed by atoms with Crippen LogP contribution < -0.4 is 4.90 Å². The number of carbonyl (C=O) groups is 2. The number of nitrogens with one attached hydrogen (secondary N) is 1. The number of H-pyrrole nitrogens is 1. The maximum absolute atomic E-state index is 14.1. The van der Waals surface area contributed by atoms with Crippen molar-refractivity contribution < 1.29 is 18.4 Å². The van der Waals surface area contributed by atoms with Crippen LogP contribution in [0.5, 0.6) is 0 Å². The summed E-state index contributed by atoms with van der Waals surface area (Å²) in [5.41, 5.74) is 4.98. The van der Waals surface area contributed by atoms with Gasteiger partial charge in [0.05, 0.1) is 12.7 Å². The number of halogens is 2. The molecule has 1 aliphatic carbocycles. The largest absolute Gasteiger partial charge is 0.338 e. The highest BCUT2D eigenvalue weighted by Gasteiger charge is 2.30. The van der Waals surface area contributed by atoms with E-state index in [0.717, 1.165) is 60.3 Å². The van der Waals surface area contributed by atoms with Crippen molar-refractivity contribution in [3.8, 4) is 11.1 Å². The number of benzene rings is 1. The van der Waals surface area contributed by atoms with Gasteiger partial charge in [0.25, 0.3) is 6.43 Å². The Bertz CT molecular complexity index is 1330. The SMILES string of the molecule is C.CC(=O)N1CCc2[nH]nc(N3CCCc4cc(-c5cnn(C)c5)c(C(F)F)cc43)c2C1.O=CC1CCCCC1. The Hall–Kier alpha value is -3.56. The number of alkyl halides is 2. The number of aromatic amines is 1. The first-order valence-corrected chi connectivity index (χ1v) is 13.8. The molecule has 216 valence electrons. The standard InChI is InChI=1S/C22H24F2N6O.C7H12O.CH4/c1-13(31)29-7-5-19-18(12-29)22(27-26-19)30-6-3-4-14-8-16(15-10-25-28(2)11-15)17(21(23)24)9-20(14)30;8-6-7-4-2-1-3-5-7;/h8-11,21H,3-7,12H2,1-2H3,(H,26,27);6-7H,1-5H2;1H4. The van der Waals surface area contributed by atoms with Crippen molar-refractivity contribution in [2.45, 2.75) is 78.7 Å². The van der Waals surface area contributed by atoms with Gasteiger partial charge in [-0.3, -0.25) is 14.6 Å². The number of anilines is 2. The monoisotopic (exact) mass is 554 g/mol. The van der Waals surface area contributed by atoms with Crippen LogP contribution in [0.2, 0.25) is 0 Å². The molecule has 40 heavy (non-hydrogen) atoms. The molecule has 1 N–H and O–H groups in total. The minimum atomic E-state index is -2.61. The van der Waals surface area contributed by atoms with Crippen LogP contribution >= 0.6 is 0 Å². The Kier molecular flexibility index (Phi) is 9.37. The van der Waals surface area contributed by atoms with Crippen molar-refractivity contribution >= 4 is 23.7 Å². The van der Waals surface area contributed by atoms with Crippen LogP contribution in [0.3, 0.4) is 0 Å². The van der Waals surface area contributed by atoms with Crippen LogP contribution in [0, 0.1) is 5.92 Å². The van der Waals surface area contributed by atoms with E-state index in [4.69, 9.17) is 0 Å². The summed E-state index contributed by atoms with van der Waals surface area (Å²) in [5, 5.41) is 11.8. The topological polar surface area (TPSA) is 87.1 Å². The highest BCUT2D eigenvalue weighted by atomic mass is 19.3. The Labute approximate surface area is 234 Å². The molecule has 8 nitrogen and oxygen atoms in total. The van der Waals surface area contributed by atoms with Gasteiger partial charge in [0, 0.05) is 73.7 Å². The number of hydrogen-bond acceptors (Lipinski definition) is 5. The molecule has 0 radical (unpaired) electrons. The van der Waals surface area contributed by atoms with Gasteiger partial charge in [0.2, 0.25) is 5.91 Å². The van der Waals surface area contributed by atoms with Gasteiger partial charge in [-0.2, -0.15) is 10.2 Å². The highest BCUT2D eigenvalue weighted by molar-refractivity contribution is 5.78. The molecular formula is C30H40F2N6O2. The number of nitrogens with zero attached hydrogens (tertiary/aromatic N) is 5. The molecule has 1 fully saturated rings. The van der Waals surface area contributed by atoms with Crippen LogP contribution in [-0.2, 0) is 36.0 Å². The first-order chi connectivity index (χ1) is 18.9. The fraction of sp³-hybridized carbons (Fsp3) is 0.533. The molecule has 4 heterocycles. The minimum absolute atomic E-state index is 0. The predicted octanol–water partition coefficient (Wildman–Crippen LogP) is 6.14. The molecule has 0 saturated heterocycles. The third-order valence-electron chi connectivity index (χ3n) is 8.08. The number of aryl methyl sites for hydroxylation is 2. The quantitative estimate of drug-likeness (QED) is 0.392. The second-order valence-corrected chi connectivity index (χ2v) is 10.8. The molecule has 3 aromatic rings. The van der Waals surface area contributed by atoms with Crippen molar-refractivity contribution in [2.24, 2.45) is 13.0 Å². The van der Waals surface area contributed by atoms with E-state index in [1.807, 2.05) is 11.0 Å². The van der Waals surface area contributed by atoms with Crippen molar-refractivity contribution in [1.29, 1.82) is 0 Å². The third-order valence-corrected chi connectivity index (χ3v) is 8.08. The van der Waals surface area contributed by atoms with E-state index in [0.29, 0.717) is 43.1 Å². The predicted molar refractivity (Wildman–Crippen MR) is 152 cm³/mol. The van der Waals surface area contributed by atoms with Gasteiger partial charge in [-0.05, 0) is 48.9 Å². The second kappa shape index (κ2) is 12.7. The van der Waals surface area contributed by atoms with Crippen molar-refractivity contribution in [2.75, 3.05) is 18.0 Å². The van der Waals surface area contributed by atoms with Gasteiger partial charge < -0.3 is 14.6 Å². The number of hydrogen-bond donors (Lipinski definition) is 1. The molecule has 2 aliphatic heterocycles. The van der Waals surface area contributed by atoms with Crippen molar-refractivity contribution in [1.82, 2.24) is 24.9 Å². The zero-order valence-electron chi connectivity index (χ0n) is 22.6. The lowest BCUT2D eigenvalue weighted by Gasteiger charge is -2.33. The smallest absolute Gasteiger partial charge is 0.264 e. The van der Waals surface area contributed by atoms with Crippen LogP contribution in [0.1, 0.15) is 81.7 Å². The lowest BCUT2D eigenvalue weighted by molar-refractivity contribution is -0.129. The van der Waals surface area contributed by atoms with E-state index in [1.54, 1.807) is 42.0 Å². The maximum atomic E-state index is 14.1. The summed E-state index contributed by atoms with van der Waals surface area (Å²) in [6.07, 6.45) is 10.5. The zero-order valence-corrected chi connectivity index (χ0v) is 22.6. The van der Waals surface area contributed by atoms with Gasteiger partial charge >= 0.3 is 0 Å². The van der Waals surface area contributed by atoms with Crippen LogP contribution in [0.25, 0.3) is 11.1 Å². The molecule has 0 bridgehead atoms. The molecule has 0 unspecified atom stereocenters. The average molecular weight is 555 g/mol. The lowest BCUT2D eigenvalue weighted by atomic mass is 9.91. The third kappa shape index (κ3) is 6.10. The van der Waals surface area contributed by atoms with Gasteiger partial charge in [0.15, 0.2) is 5.82 Å². The molecule has 1 amide bonds. The van der Waals surface area contributed by atoms with E-state index in [-0.39, 0.29) is 18.9 Å². The van der Waals surface area contributed by atoms with E-state index in [9.17, 15) is 18.4 Å². The summed E-state index contributed by atoms with van der Waals surface area (Å²) in [5.74, 6) is 1.16. The Balaban J connectivity index is 0.000000356. The van der Waals surface area contributed by atoms with Gasteiger partial charge in [-0.1, -0.05) is 26.7 Å². The first-order valence-electron chi connectivity index (χ1n) is 13.8. The number of rotatable bonds is 4. The lowest BCUT2D eigenvalue weighted by Crippen LogP contribution is -2.35. The number of amides is 1. The fourth-order valence-electron chi connectivity index (χ4n) is 5.90. The zero-order chi connectivity index (χ0) is 27.5. The van der Waals surface area contributed by atoms with Gasteiger partial charge in [-0.25, -0.2) is 8.78 Å².